The van der Waals surface area contributed by atoms with Crippen LogP contribution in [0.5, 0.6) is 0 Å². The molecule has 0 aliphatic carbocycles. The van der Waals surface area contributed by atoms with Crippen molar-refractivity contribution in [3.63, 3.8) is 0 Å². The molecule has 0 saturated carbocycles. The molecule has 1 aromatic rings. The topological polar surface area (TPSA) is 21.7 Å². The summed E-state index contributed by atoms with van der Waals surface area (Å²) in [6, 6.07) is 6.61. The summed E-state index contributed by atoms with van der Waals surface area (Å²) in [7, 11) is 0. The van der Waals surface area contributed by atoms with Crippen LogP contribution < -0.4 is 4.90 Å². The molecule has 0 bridgehead atoms. The summed E-state index contributed by atoms with van der Waals surface area (Å²) in [5.74, 6) is 0. The highest BCUT2D eigenvalue weighted by Gasteiger charge is 2.08. The van der Waals surface area contributed by atoms with E-state index in [-0.39, 0.29) is 0 Å². The van der Waals surface area contributed by atoms with E-state index in [0.29, 0.717) is 0 Å². The van der Waals surface area contributed by atoms with Crippen molar-refractivity contribution < 1.29 is 9.47 Å². The second-order valence-electron chi connectivity index (χ2n) is 4.63. The van der Waals surface area contributed by atoms with E-state index in [1.807, 2.05) is 13.8 Å². The molecule has 0 fully saturated rings. The van der Waals surface area contributed by atoms with Gasteiger partial charge in [0.05, 0.1) is 13.2 Å². The van der Waals surface area contributed by atoms with Crippen LogP contribution in [0.15, 0.2) is 18.2 Å². The largest absolute Gasteiger partial charge is 0.380 e. The molecule has 0 atom stereocenters. The maximum absolute atomic E-state index is 5.48. The molecule has 0 amide bonds. The fourth-order valence-electron chi connectivity index (χ4n) is 2.03. The summed E-state index contributed by atoms with van der Waals surface area (Å²) >= 11 is 3.52. The van der Waals surface area contributed by atoms with Crippen LogP contribution in [0.2, 0.25) is 0 Å². The van der Waals surface area contributed by atoms with Crippen LogP contribution in [0.1, 0.15) is 25.0 Å². The third-order valence-corrected chi connectivity index (χ3v) is 3.86. The summed E-state index contributed by atoms with van der Waals surface area (Å²) in [5, 5.41) is 0.900. The Labute approximate surface area is 131 Å². The summed E-state index contributed by atoms with van der Waals surface area (Å²) in [5.41, 5.74) is 3.90. The summed E-state index contributed by atoms with van der Waals surface area (Å²) in [6.45, 7) is 11.0. The van der Waals surface area contributed by atoms with Gasteiger partial charge in [-0.05, 0) is 44.0 Å². The first-order chi connectivity index (χ1) is 9.72. The third kappa shape index (κ3) is 5.81. The van der Waals surface area contributed by atoms with Crippen molar-refractivity contribution in [1.29, 1.82) is 0 Å². The second kappa shape index (κ2) is 10.2. The molecule has 0 spiro atoms. The first kappa shape index (κ1) is 17.5. The lowest BCUT2D eigenvalue weighted by Crippen LogP contribution is -2.31. The summed E-state index contributed by atoms with van der Waals surface area (Å²) in [6.07, 6.45) is 0. The Hall–Kier alpha value is -0.580. The molecule has 0 heterocycles. The van der Waals surface area contributed by atoms with Gasteiger partial charge in [0, 0.05) is 37.3 Å². The number of alkyl halides is 1. The SMILES string of the molecule is CCOCCN(CCOCC)c1ccc(CBr)c(C)c1. The fraction of sp³-hybridized carbons (Fsp3) is 0.625. The minimum absolute atomic E-state index is 0.752. The van der Waals surface area contributed by atoms with Gasteiger partial charge in [-0.1, -0.05) is 22.0 Å². The van der Waals surface area contributed by atoms with Gasteiger partial charge in [0.1, 0.15) is 0 Å². The van der Waals surface area contributed by atoms with Crippen LogP contribution in [-0.4, -0.2) is 39.5 Å². The lowest BCUT2D eigenvalue weighted by atomic mass is 10.1. The Balaban J connectivity index is 2.71. The first-order valence-electron chi connectivity index (χ1n) is 7.28. The zero-order valence-corrected chi connectivity index (χ0v) is 14.4. The Morgan fingerprint density at radius 2 is 1.65 bits per heavy atom. The average molecular weight is 344 g/mol. The van der Waals surface area contributed by atoms with E-state index in [9.17, 15) is 0 Å². The molecule has 1 aromatic carbocycles. The van der Waals surface area contributed by atoms with Gasteiger partial charge in [0.15, 0.2) is 0 Å². The number of nitrogens with zero attached hydrogens (tertiary/aromatic N) is 1. The maximum Gasteiger partial charge on any atom is 0.0641 e. The lowest BCUT2D eigenvalue weighted by molar-refractivity contribution is 0.141. The number of rotatable bonds is 10. The van der Waals surface area contributed by atoms with Crippen LogP contribution >= 0.6 is 15.9 Å². The molecule has 0 radical (unpaired) electrons. The third-order valence-electron chi connectivity index (χ3n) is 3.25. The Bertz CT molecular complexity index is 375. The molecule has 0 aromatic heterocycles. The molecule has 3 nitrogen and oxygen atoms in total. The minimum atomic E-state index is 0.752. The number of hydrogen-bond donors (Lipinski definition) is 0. The van der Waals surface area contributed by atoms with E-state index in [0.717, 1.165) is 44.8 Å². The Kier molecular flexibility index (Phi) is 8.90. The predicted molar refractivity (Wildman–Crippen MR) is 89.0 cm³/mol. The second-order valence-corrected chi connectivity index (χ2v) is 5.19. The van der Waals surface area contributed by atoms with Crippen molar-refractivity contribution in [1.82, 2.24) is 0 Å². The molecule has 0 aliphatic heterocycles. The first-order valence-corrected chi connectivity index (χ1v) is 8.41. The van der Waals surface area contributed by atoms with Gasteiger partial charge in [-0.2, -0.15) is 0 Å². The molecular weight excluding hydrogens is 318 g/mol. The number of benzene rings is 1. The molecule has 0 aliphatic rings. The van der Waals surface area contributed by atoms with Crippen molar-refractivity contribution in [2.75, 3.05) is 44.4 Å². The molecule has 0 unspecified atom stereocenters. The van der Waals surface area contributed by atoms with Gasteiger partial charge in [0.2, 0.25) is 0 Å². The van der Waals surface area contributed by atoms with Crippen molar-refractivity contribution >= 4 is 21.6 Å². The molecule has 20 heavy (non-hydrogen) atoms. The van der Waals surface area contributed by atoms with E-state index in [1.165, 1.54) is 16.8 Å². The monoisotopic (exact) mass is 343 g/mol. The van der Waals surface area contributed by atoms with Crippen molar-refractivity contribution in [3.05, 3.63) is 29.3 Å². The van der Waals surface area contributed by atoms with Gasteiger partial charge in [0.25, 0.3) is 0 Å². The van der Waals surface area contributed by atoms with E-state index < -0.39 is 0 Å². The normalized spacial score (nSPS) is 10.8. The van der Waals surface area contributed by atoms with Gasteiger partial charge in [-0.3, -0.25) is 0 Å². The number of anilines is 1. The molecule has 0 saturated heterocycles. The summed E-state index contributed by atoms with van der Waals surface area (Å²) < 4.78 is 11.0. The molecule has 1 rings (SSSR count). The van der Waals surface area contributed by atoms with Crippen LogP contribution in [0, 0.1) is 6.92 Å². The van der Waals surface area contributed by atoms with Crippen LogP contribution in [0.3, 0.4) is 0 Å². The molecule has 4 heteroatoms. The zero-order chi connectivity index (χ0) is 14.8. The Morgan fingerprint density at radius 3 is 2.10 bits per heavy atom. The minimum Gasteiger partial charge on any atom is -0.380 e. The summed E-state index contributed by atoms with van der Waals surface area (Å²) in [4.78, 5) is 2.33. The van der Waals surface area contributed by atoms with Crippen LogP contribution in [0.4, 0.5) is 5.69 Å². The van der Waals surface area contributed by atoms with Crippen molar-refractivity contribution in [2.45, 2.75) is 26.1 Å². The van der Waals surface area contributed by atoms with Gasteiger partial charge in [-0.15, -0.1) is 0 Å². The number of hydrogen-bond acceptors (Lipinski definition) is 3. The van der Waals surface area contributed by atoms with Crippen LogP contribution in [0.25, 0.3) is 0 Å². The number of halogens is 1. The van der Waals surface area contributed by atoms with E-state index in [4.69, 9.17) is 9.47 Å². The quantitative estimate of drug-likeness (QED) is 0.476. The maximum atomic E-state index is 5.48. The smallest absolute Gasteiger partial charge is 0.0641 e. The molecule has 0 N–H and O–H groups in total. The van der Waals surface area contributed by atoms with E-state index in [1.54, 1.807) is 0 Å². The highest BCUT2D eigenvalue weighted by molar-refractivity contribution is 9.08. The van der Waals surface area contributed by atoms with Crippen molar-refractivity contribution in [2.24, 2.45) is 0 Å². The molecular formula is C16H26BrNO2. The van der Waals surface area contributed by atoms with E-state index >= 15 is 0 Å². The number of ether oxygens (including phenoxy) is 2. The van der Waals surface area contributed by atoms with Gasteiger partial charge < -0.3 is 14.4 Å². The van der Waals surface area contributed by atoms with Crippen LogP contribution in [-0.2, 0) is 14.8 Å². The highest BCUT2D eigenvalue weighted by atomic mass is 79.9. The average Bonchev–Trinajstić information content (AvgIpc) is 2.46. The lowest BCUT2D eigenvalue weighted by Gasteiger charge is -2.25. The zero-order valence-electron chi connectivity index (χ0n) is 12.8. The van der Waals surface area contributed by atoms with Gasteiger partial charge in [-0.25, -0.2) is 0 Å². The van der Waals surface area contributed by atoms with E-state index in [2.05, 4.69) is 46.0 Å². The van der Waals surface area contributed by atoms with Gasteiger partial charge >= 0.3 is 0 Å². The Morgan fingerprint density at radius 1 is 1.05 bits per heavy atom. The molecule has 114 valence electrons. The fourth-order valence-corrected chi connectivity index (χ4v) is 2.66. The predicted octanol–water partition coefficient (Wildman–Crippen LogP) is 3.77. The van der Waals surface area contributed by atoms with Crippen molar-refractivity contribution in [3.8, 4) is 0 Å². The standard InChI is InChI=1S/C16H26BrNO2/c1-4-19-10-8-18(9-11-20-5-2)16-7-6-15(13-17)14(3)12-16/h6-7,12H,4-5,8-11,13H2,1-3H3. The number of aryl methyl sites for hydroxylation is 1. The highest BCUT2D eigenvalue weighted by Crippen LogP contribution is 2.20.